The van der Waals surface area contributed by atoms with E-state index in [1.807, 2.05) is 0 Å². The van der Waals surface area contributed by atoms with Gasteiger partial charge in [-0.3, -0.25) is 9.59 Å². The number of carbonyl (C=O) groups is 1. The topological polar surface area (TPSA) is 86.9 Å². The Morgan fingerprint density at radius 2 is 1.90 bits per heavy atom. The molecular weight excluding hydrogens is 256 g/mol. The van der Waals surface area contributed by atoms with Crippen molar-refractivity contribution in [1.29, 1.82) is 0 Å². The summed E-state index contributed by atoms with van der Waals surface area (Å²) in [7, 11) is 0. The molecule has 2 rings (SSSR count). The number of H-pyrrole nitrogens is 1. The van der Waals surface area contributed by atoms with Crippen molar-refractivity contribution in [2.24, 2.45) is 0 Å². The summed E-state index contributed by atoms with van der Waals surface area (Å²) in [5.74, 6) is -0.250. The number of piperidine rings is 1. The second kappa shape index (κ2) is 5.01. The van der Waals surface area contributed by atoms with Gasteiger partial charge in [-0.05, 0) is 40.5 Å². The van der Waals surface area contributed by atoms with E-state index in [4.69, 9.17) is 0 Å². The number of aromatic amines is 1. The minimum Gasteiger partial charge on any atom is -0.348 e. The smallest absolute Gasteiger partial charge is 0.271 e. The van der Waals surface area contributed by atoms with Crippen LogP contribution in [0.2, 0.25) is 0 Å². The number of rotatable bonds is 2. The van der Waals surface area contributed by atoms with Gasteiger partial charge in [-0.15, -0.1) is 0 Å². The fourth-order valence-corrected chi connectivity index (χ4v) is 3.15. The van der Waals surface area contributed by atoms with E-state index in [0.717, 1.165) is 19.0 Å². The van der Waals surface area contributed by atoms with Crippen molar-refractivity contribution in [3.8, 4) is 0 Å². The molecule has 2 heterocycles. The monoisotopic (exact) mass is 278 g/mol. The molecule has 0 bridgehead atoms. The fourth-order valence-electron chi connectivity index (χ4n) is 3.15. The number of amides is 1. The van der Waals surface area contributed by atoms with E-state index < -0.39 is 0 Å². The lowest BCUT2D eigenvalue weighted by Crippen LogP contribution is -2.62. The molecule has 0 unspecified atom stereocenters. The van der Waals surface area contributed by atoms with Crippen molar-refractivity contribution in [3.63, 3.8) is 0 Å². The third-order valence-corrected chi connectivity index (χ3v) is 3.43. The highest BCUT2D eigenvalue weighted by Gasteiger charge is 2.38. The van der Waals surface area contributed by atoms with Crippen LogP contribution in [0.25, 0.3) is 0 Å². The summed E-state index contributed by atoms with van der Waals surface area (Å²) in [6.07, 6.45) is 4.16. The molecule has 0 aliphatic carbocycles. The molecule has 0 saturated carbocycles. The second-order valence-electron chi connectivity index (χ2n) is 6.77. The van der Waals surface area contributed by atoms with Crippen molar-refractivity contribution in [2.75, 3.05) is 0 Å². The Balaban J connectivity index is 2.07. The molecule has 0 radical (unpaired) electrons. The number of carbonyl (C=O) groups excluding carboxylic acids is 1. The lowest BCUT2D eigenvalue weighted by atomic mass is 9.79. The van der Waals surface area contributed by atoms with E-state index in [1.54, 1.807) is 0 Å². The minimum absolute atomic E-state index is 0.0296. The first-order chi connectivity index (χ1) is 9.17. The van der Waals surface area contributed by atoms with Gasteiger partial charge in [-0.2, -0.15) is 0 Å². The Morgan fingerprint density at radius 1 is 1.30 bits per heavy atom. The molecule has 3 N–H and O–H groups in total. The molecule has 6 heteroatoms. The summed E-state index contributed by atoms with van der Waals surface area (Å²) in [5, 5.41) is 6.57. The molecular formula is C14H22N4O2. The Morgan fingerprint density at radius 3 is 2.40 bits per heavy atom. The number of hydrogen-bond donors (Lipinski definition) is 3. The molecule has 6 nitrogen and oxygen atoms in total. The van der Waals surface area contributed by atoms with Gasteiger partial charge in [0.15, 0.2) is 0 Å². The van der Waals surface area contributed by atoms with Gasteiger partial charge in [0.25, 0.3) is 11.5 Å². The predicted molar refractivity (Wildman–Crippen MR) is 76.6 cm³/mol. The Bertz CT molecular complexity index is 526. The molecule has 1 aliphatic heterocycles. The van der Waals surface area contributed by atoms with Crippen molar-refractivity contribution in [2.45, 2.75) is 57.7 Å². The average Bonchev–Trinajstić information content (AvgIpc) is 2.25. The van der Waals surface area contributed by atoms with Crippen LogP contribution in [0.4, 0.5) is 0 Å². The molecule has 0 atom stereocenters. The minimum atomic E-state index is -0.314. The van der Waals surface area contributed by atoms with Crippen molar-refractivity contribution < 1.29 is 4.79 Å². The van der Waals surface area contributed by atoms with Gasteiger partial charge in [0, 0.05) is 23.3 Å². The predicted octanol–water partition coefficient (Wildman–Crippen LogP) is 0.809. The highest BCUT2D eigenvalue weighted by molar-refractivity contribution is 5.92. The largest absolute Gasteiger partial charge is 0.348 e. The van der Waals surface area contributed by atoms with Gasteiger partial charge in [0.05, 0.1) is 6.20 Å². The van der Waals surface area contributed by atoms with Crippen molar-refractivity contribution in [1.82, 2.24) is 20.6 Å². The Labute approximate surface area is 118 Å². The summed E-state index contributed by atoms with van der Waals surface area (Å²) in [6, 6.07) is 0.0856. The van der Waals surface area contributed by atoms with Gasteiger partial charge in [0.2, 0.25) is 0 Å². The zero-order chi connectivity index (χ0) is 15.0. The van der Waals surface area contributed by atoms with Gasteiger partial charge >= 0.3 is 0 Å². The quantitative estimate of drug-likeness (QED) is 0.747. The van der Waals surface area contributed by atoms with Crippen LogP contribution in [0, 0.1) is 0 Å². The molecule has 1 saturated heterocycles. The summed E-state index contributed by atoms with van der Waals surface area (Å²) >= 11 is 0. The first kappa shape index (κ1) is 14.7. The third kappa shape index (κ3) is 3.66. The molecule has 1 aromatic rings. The highest BCUT2D eigenvalue weighted by Crippen LogP contribution is 2.28. The molecule has 1 aromatic heterocycles. The standard InChI is InChI=1S/C14H22N4O2/c1-13(2)5-9(6-14(3,4)18-13)17-12(20)10-7-16-11(19)8-15-10/h7-9,18H,5-6H2,1-4H3,(H,16,19)(H,17,20). The highest BCUT2D eigenvalue weighted by atomic mass is 16.2. The summed E-state index contributed by atoms with van der Waals surface area (Å²) < 4.78 is 0. The summed E-state index contributed by atoms with van der Waals surface area (Å²) in [5.41, 5.74) is -0.139. The number of aromatic nitrogens is 2. The van der Waals surface area contributed by atoms with Gasteiger partial charge in [-0.1, -0.05) is 0 Å². The number of hydrogen-bond acceptors (Lipinski definition) is 4. The zero-order valence-electron chi connectivity index (χ0n) is 12.4. The molecule has 1 amide bonds. The van der Waals surface area contributed by atoms with Crippen LogP contribution in [0.15, 0.2) is 17.2 Å². The third-order valence-electron chi connectivity index (χ3n) is 3.43. The first-order valence-corrected chi connectivity index (χ1v) is 6.82. The summed E-state index contributed by atoms with van der Waals surface area (Å²) in [6.45, 7) is 8.52. The van der Waals surface area contributed by atoms with E-state index in [-0.39, 0.29) is 34.3 Å². The van der Waals surface area contributed by atoms with Gasteiger partial charge < -0.3 is 15.6 Å². The molecule has 110 valence electrons. The first-order valence-electron chi connectivity index (χ1n) is 6.82. The van der Waals surface area contributed by atoms with E-state index >= 15 is 0 Å². The van der Waals surface area contributed by atoms with E-state index in [0.29, 0.717) is 0 Å². The van der Waals surface area contributed by atoms with Crippen LogP contribution in [0.1, 0.15) is 51.0 Å². The van der Waals surface area contributed by atoms with Crippen LogP contribution < -0.4 is 16.2 Å². The molecule has 0 spiro atoms. The number of nitrogens with zero attached hydrogens (tertiary/aromatic N) is 1. The fraction of sp³-hybridized carbons (Fsp3) is 0.643. The average molecular weight is 278 g/mol. The maximum absolute atomic E-state index is 12.1. The SMILES string of the molecule is CC1(C)CC(NC(=O)c2c[nH]c(=O)cn2)CC(C)(C)N1. The number of nitrogens with one attached hydrogen (secondary N) is 3. The van der Waals surface area contributed by atoms with Crippen molar-refractivity contribution in [3.05, 3.63) is 28.4 Å². The van der Waals surface area contributed by atoms with E-state index in [9.17, 15) is 9.59 Å². The maximum Gasteiger partial charge on any atom is 0.271 e. The normalized spacial score (nSPS) is 21.4. The zero-order valence-corrected chi connectivity index (χ0v) is 12.4. The lowest BCUT2D eigenvalue weighted by molar-refractivity contribution is 0.0868. The summed E-state index contributed by atoms with van der Waals surface area (Å²) in [4.78, 5) is 29.4. The van der Waals surface area contributed by atoms with Crippen LogP contribution in [-0.4, -0.2) is 33.0 Å². The molecule has 1 aliphatic rings. The van der Waals surface area contributed by atoms with Crippen LogP contribution in [0.3, 0.4) is 0 Å². The second-order valence-corrected chi connectivity index (χ2v) is 6.77. The maximum atomic E-state index is 12.1. The molecule has 20 heavy (non-hydrogen) atoms. The van der Waals surface area contributed by atoms with Crippen LogP contribution >= 0.6 is 0 Å². The van der Waals surface area contributed by atoms with Gasteiger partial charge in [0.1, 0.15) is 5.69 Å². The van der Waals surface area contributed by atoms with E-state index in [2.05, 4.69) is 48.3 Å². The Kier molecular flexibility index (Phi) is 3.69. The Hall–Kier alpha value is -1.69. The lowest BCUT2D eigenvalue weighted by Gasteiger charge is -2.46. The van der Waals surface area contributed by atoms with E-state index in [1.165, 1.54) is 6.20 Å². The van der Waals surface area contributed by atoms with Crippen LogP contribution in [0.5, 0.6) is 0 Å². The van der Waals surface area contributed by atoms with Crippen LogP contribution in [-0.2, 0) is 0 Å². The molecule has 0 aromatic carbocycles. The molecule has 1 fully saturated rings. The van der Waals surface area contributed by atoms with Gasteiger partial charge in [-0.25, -0.2) is 4.98 Å². The van der Waals surface area contributed by atoms with Crippen molar-refractivity contribution >= 4 is 5.91 Å².